The number of benzene rings is 1. The molecule has 0 aliphatic carbocycles. The van der Waals surface area contributed by atoms with Gasteiger partial charge in [-0.2, -0.15) is 0 Å². The van der Waals surface area contributed by atoms with Crippen molar-refractivity contribution in [1.82, 2.24) is 5.16 Å². The second kappa shape index (κ2) is 7.22. The van der Waals surface area contributed by atoms with Crippen LogP contribution in [0.1, 0.15) is 25.5 Å². The van der Waals surface area contributed by atoms with E-state index in [-0.39, 0.29) is 29.2 Å². The molecule has 0 fully saturated rings. The number of amides is 1. The summed E-state index contributed by atoms with van der Waals surface area (Å²) in [4.78, 5) is 11.8. The van der Waals surface area contributed by atoms with E-state index in [9.17, 15) is 4.79 Å². The Balaban J connectivity index is 1.94. The van der Waals surface area contributed by atoms with Crippen LogP contribution < -0.4 is 10.1 Å². The third-order valence-corrected chi connectivity index (χ3v) is 3.73. The van der Waals surface area contributed by atoms with E-state index in [1.54, 1.807) is 6.07 Å². The summed E-state index contributed by atoms with van der Waals surface area (Å²) in [5.41, 5.74) is 0.753. The van der Waals surface area contributed by atoms with Gasteiger partial charge in [0.05, 0.1) is 20.8 Å². The molecule has 0 aliphatic rings. The highest BCUT2D eigenvalue weighted by molar-refractivity contribution is 6.43. The Morgan fingerprint density at radius 3 is 2.55 bits per heavy atom. The predicted octanol–water partition coefficient (Wildman–Crippen LogP) is 4.78. The minimum Gasteiger partial charge on any atom is -0.482 e. The number of hydrogen-bond acceptors (Lipinski definition) is 4. The second-order valence-electron chi connectivity index (χ2n) is 4.80. The Kier molecular flexibility index (Phi) is 5.56. The maximum absolute atomic E-state index is 11.8. The number of carbonyl (C=O) groups is 1. The molecule has 1 N–H and O–H groups in total. The number of nitrogens with zero attached hydrogens (tertiary/aromatic N) is 1. The molecule has 0 bridgehead atoms. The topological polar surface area (TPSA) is 64.4 Å². The third-order valence-electron chi connectivity index (χ3n) is 2.72. The van der Waals surface area contributed by atoms with Crippen molar-refractivity contribution in [3.63, 3.8) is 0 Å². The molecule has 0 unspecified atom stereocenters. The van der Waals surface area contributed by atoms with Gasteiger partial charge in [-0.15, -0.1) is 0 Å². The van der Waals surface area contributed by atoms with Crippen LogP contribution in [0, 0.1) is 0 Å². The van der Waals surface area contributed by atoms with Crippen LogP contribution in [0.2, 0.25) is 15.1 Å². The molecular formula is C14H13Cl3N2O3. The number of anilines is 1. The molecule has 0 saturated carbocycles. The van der Waals surface area contributed by atoms with E-state index in [1.165, 1.54) is 12.1 Å². The Labute approximate surface area is 142 Å². The van der Waals surface area contributed by atoms with Crippen molar-refractivity contribution in [2.45, 2.75) is 19.8 Å². The van der Waals surface area contributed by atoms with Gasteiger partial charge in [-0.1, -0.05) is 53.8 Å². The Morgan fingerprint density at radius 1 is 1.23 bits per heavy atom. The van der Waals surface area contributed by atoms with Gasteiger partial charge < -0.3 is 9.26 Å². The summed E-state index contributed by atoms with van der Waals surface area (Å²) in [6, 6.07) is 4.56. The molecule has 0 atom stereocenters. The van der Waals surface area contributed by atoms with E-state index < -0.39 is 5.91 Å². The first kappa shape index (κ1) is 16.9. The summed E-state index contributed by atoms with van der Waals surface area (Å²) in [6.45, 7) is 3.69. The summed E-state index contributed by atoms with van der Waals surface area (Å²) < 4.78 is 10.3. The monoisotopic (exact) mass is 362 g/mol. The zero-order valence-electron chi connectivity index (χ0n) is 11.8. The molecule has 1 aromatic carbocycles. The van der Waals surface area contributed by atoms with E-state index in [4.69, 9.17) is 44.1 Å². The summed E-state index contributed by atoms with van der Waals surface area (Å²) in [6.07, 6.45) is 0. The van der Waals surface area contributed by atoms with Crippen molar-refractivity contribution in [1.29, 1.82) is 0 Å². The number of hydrogen-bond donors (Lipinski definition) is 1. The van der Waals surface area contributed by atoms with Crippen molar-refractivity contribution in [3.05, 3.63) is 39.0 Å². The van der Waals surface area contributed by atoms with Gasteiger partial charge in [0.1, 0.15) is 5.75 Å². The summed E-state index contributed by atoms with van der Waals surface area (Å²) >= 11 is 17.6. The molecule has 0 spiro atoms. The molecule has 0 aliphatic heterocycles. The molecule has 22 heavy (non-hydrogen) atoms. The lowest BCUT2D eigenvalue weighted by Gasteiger charge is -2.08. The molecular weight excluding hydrogens is 351 g/mol. The van der Waals surface area contributed by atoms with Gasteiger partial charge in [0.2, 0.25) is 5.88 Å². The van der Waals surface area contributed by atoms with Crippen LogP contribution in [-0.2, 0) is 4.79 Å². The minimum atomic E-state index is -0.409. The number of aromatic nitrogens is 1. The molecule has 5 nitrogen and oxygen atoms in total. The van der Waals surface area contributed by atoms with Crippen molar-refractivity contribution >= 4 is 46.6 Å². The Hall–Kier alpha value is -1.43. The zero-order chi connectivity index (χ0) is 16.3. The van der Waals surface area contributed by atoms with E-state index in [2.05, 4.69) is 10.5 Å². The molecule has 8 heteroatoms. The van der Waals surface area contributed by atoms with E-state index in [0.29, 0.717) is 10.0 Å². The normalized spacial score (nSPS) is 10.8. The highest BCUT2D eigenvalue weighted by Gasteiger charge is 2.12. The van der Waals surface area contributed by atoms with Crippen LogP contribution >= 0.6 is 34.8 Å². The van der Waals surface area contributed by atoms with Gasteiger partial charge in [0, 0.05) is 12.1 Å². The van der Waals surface area contributed by atoms with Crippen LogP contribution in [0.15, 0.2) is 22.7 Å². The number of ether oxygens (including phenoxy) is 1. The van der Waals surface area contributed by atoms with E-state index >= 15 is 0 Å². The lowest BCUT2D eigenvalue weighted by molar-refractivity contribution is -0.118. The van der Waals surface area contributed by atoms with Gasteiger partial charge in [-0.3, -0.25) is 10.1 Å². The van der Waals surface area contributed by atoms with E-state index in [1.807, 2.05) is 13.8 Å². The fourth-order valence-electron chi connectivity index (χ4n) is 1.55. The number of rotatable bonds is 5. The average Bonchev–Trinajstić information content (AvgIpc) is 2.90. The second-order valence-corrected chi connectivity index (χ2v) is 6.03. The standard InChI is InChI=1S/C14H13Cl3N2O3/c1-7(2)11-5-14(22-19-11)18-13(20)6-21-12-4-9(16)8(15)3-10(12)17/h3-5,7H,6H2,1-2H3,(H,18,20). The number of nitrogens with one attached hydrogen (secondary N) is 1. The molecule has 0 radical (unpaired) electrons. The van der Waals surface area contributed by atoms with Crippen LogP contribution in [0.4, 0.5) is 5.88 Å². The predicted molar refractivity (Wildman–Crippen MR) is 86.2 cm³/mol. The van der Waals surface area contributed by atoms with E-state index in [0.717, 1.165) is 5.69 Å². The maximum atomic E-state index is 11.8. The molecule has 1 amide bonds. The van der Waals surface area contributed by atoms with Crippen LogP contribution in [0.3, 0.4) is 0 Å². The first-order valence-electron chi connectivity index (χ1n) is 6.40. The van der Waals surface area contributed by atoms with Crippen molar-refractivity contribution in [2.75, 3.05) is 11.9 Å². The van der Waals surface area contributed by atoms with Crippen LogP contribution in [0.5, 0.6) is 5.75 Å². The van der Waals surface area contributed by atoms with Crippen molar-refractivity contribution in [3.8, 4) is 5.75 Å². The number of carbonyl (C=O) groups excluding carboxylic acids is 1. The van der Waals surface area contributed by atoms with Gasteiger partial charge >= 0.3 is 0 Å². The minimum absolute atomic E-state index is 0.209. The molecule has 118 valence electrons. The molecule has 1 heterocycles. The number of halogens is 3. The molecule has 2 aromatic rings. The lowest BCUT2D eigenvalue weighted by Crippen LogP contribution is -2.19. The fourth-order valence-corrected chi connectivity index (χ4v) is 2.14. The summed E-state index contributed by atoms with van der Waals surface area (Å²) in [5.74, 6) is 0.332. The fraction of sp³-hybridized carbons (Fsp3) is 0.286. The first-order valence-corrected chi connectivity index (χ1v) is 7.54. The summed E-state index contributed by atoms with van der Waals surface area (Å²) in [7, 11) is 0. The highest BCUT2D eigenvalue weighted by Crippen LogP contribution is 2.33. The van der Waals surface area contributed by atoms with Crippen molar-refractivity contribution in [2.24, 2.45) is 0 Å². The maximum Gasteiger partial charge on any atom is 0.264 e. The lowest BCUT2D eigenvalue weighted by atomic mass is 10.1. The molecule has 2 rings (SSSR count). The average molecular weight is 364 g/mol. The van der Waals surface area contributed by atoms with Crippen molar-refractivity contribution < 1.29 is 14.1 Å². The smallest absolute Gasteiger partial charge is 0.264 e. The van der Waals surface area contributed by atoms with Gasteiger partial charge in [-0.25, -0.2) is 0 Å². The Bertz CT molecular complexity index is 686. The van der Waals surface area contributed by atoms with Gasteiger partial charge in [0.15, 0.2) is 6.61 Å². The molecule has 1 aromatic heterocycles. The van der Waals surface area contributed by atoms with Gasteiger partial charge in [0.25, 0.3) is 5.91 Å². The first-order chi connectivity index (χ1) is 10.4. The largest absolute Gasteiger partial charge is 0.482 e. The van der Waals surface area contributed by atoms with Crippen LogP contribution in [-0.4, -0.2) is 17.7 Å². The quantitative estimate of drug-likeness (QED) is 0.777. The third kappa shape index (κ3) is 4.29. The van der Waals surface area contributed by atoms with Crippen LogP contribution in [0.25, 0.3) is 0 Å². The summed E-state index contributed by atoms with van der Waals surface area (Å²) in [5, 5.41) is 7.25. The zero-order valence-corrected chi connectivity index (χ0v) is 14.1. The van der Waals surface area contributed by atoms with Gasteiger partial charge in [-0.05, 0) is 12.0 Å². The highest BCUT2D eigenvalue weighted by atomic mass is 35.5. The molecule has 0 saturated heterocycles. The Morgan fingerprint density at radius 2 is 1.91 bits per heavy atom. The SMILES string of the molecule is CC(C)c1cc(NC(=O)COc2cc(Cl)c(Cl)cc2Cl)on1.